The van der Waals surface area contributed by atoms with E-state index < -0.39 is 0 Å². The third kappa shape index (κ3) is 4.22. The zero-order valence-corrected chi connectivity index (χ0v) is 14.1. The van der Waals surface area contributed by atoms with Crippen LogP contribution in [0.2, 0.25) is 0 Å². The topological polar surface area (TPSA) is 48.5 Å². The van der Waals surface area contributed by atoms with Gasteiger partial charge in [0.1, 0.15) is 5.82 Å². The summed E-state index contributed by atoms with van der Waals surface area (Å²) in [5.74, 6) is 1.23. The molecule has 126 valence electrons. The number of amides is 1. The fourth-order valence-electron chi connectivity index (χ4n) is 3.61. The number of hydrogen-bond acceptors (Lipinski definition) is 4. The molecule has 1 saturated carbocycles. The summed E-state index contributed by atoms with van der Waals surface area (Å²) in [5, 5.41) is 3.25. The van der Waals surface area contributed by atoms with Crippen LogP contribution in [0.5, 0.6) is 0 Å². The molecule has 1 aromatic heterocycles. The lowest BCUT2D eigenvalue weighted by Gasteiger charge is -2.38. The molecule has 5 nitrogen and oxygen atoms in total. The minimum atomic E-state index is -0.0391. The van der Waals surface area contributed by atoms with Crippen LogP contribution < -0.4 is 10.2 Å². The Balaban J connectivity index is 1.47. The van der Waals surface area contributed by atoms with E-state index in [4.69, 9.17) is 0 Å². The summed E-state index contributed by atoms with van der Waals surface area (Å²) in [7, 11) is 0. The SMILES string of the molecule is CC(C(=O)NC1CCCCC1)N1CCN(c2ccccn2)CC1. The van der Waals surface area contributed by atoms with Crippen molar-refractivity contribution in [2.24, 2.45) is 0 Å². The number of nitrogens with one attached hydrogen (secondary N) is 1. The molecule has 1 amide bonds. The van der Waals surface area contributed by atoms with Crippen LogP contribution in [0.15, 0.2) is 24.4 Å². The van der Waals surface area contributed by atoms with Crippen LogP contribution in [-0.2, 0) is 4.79 Å². The van der Waals surface area contributed by atoms with Crippen molar-refractivity contribution >= 4 is 11.7 Å². The number of carbonyl (C=O) groups is 1. The monoisotopic (exact) mass is 316 g/mol. The molecular formula is C18H28N4O. The molecule has 0 radical (unpaired) electrons. The highest BCUT2D eigenvalue weighted by Crippen LogP contribution is 2.18. The fraction of sp³-hybridized carbons (Fsp3) is 0.667. The largest absolute Gasteiger partial charge is 0.354 e. The highest BCUT2D eigenvalue weighted by molar-refractivity contribution is 5.81. The van der Waals surface area contributed by atoms with Crippen molar-refractivity contribution in [2.45, 2.75) is 51.1 Å². The van der Waals surface area contributed by atoms with Gasteiger partial charge in [-0.2, -0.15) is 0 Å². The summed E-state index contributed by atoms with van der Waals surface area (Å²) in [4.78, 5) is 21.5. The minimum Gasteiger partial charge on any atom is -0.354 e. The molecule has 1 aliphatic heterocycles. The van der Waals surface area contributed by atoms with Crippen molar-refractivity contribution < 1.29 is 4.79 Å². The number of piperazine rings is 1. The summed E-state index contributed by atoms with van der Waals surface area (Å²) in [6.07, 6.45) is 7.95. The molecule has 2 heterocycles. The summed E-state index contributed by atoms with van der Waals surface area (Å²) in [6.45, 7) is 5.72. The maximum Gasteiger partial charge on any atom is 0.237 e. The molecule has 2 aliphatic rings. The van der Waals surface area contributed by atoms with Crippen LogP contribution >= 0.6 is 0 Å². The summed E-state index contributed by atoms with van der Waals surface area (Å²) in [5.41, 5.74) is 0. The predicted octanol–water partition coefficient (Wildman–Crippen LogP) is 2.04. The van der Waals surface area contributed by atoms with Gasteiger partial charge in [-0.25, -0.2) is 4.98 Å². The number of rotatable bonds is 4. The molecule has 1 unspecified atom stereocenters. The van der Waals surface area contributed by atoms with Gasteiger partial charge < -0.3 is 10.2 Å². The molecule has 0 bridgehead atoms. The Labute approximate surface area is 139 Å². The second kappa shape index (κ2) is 7.77. The van der Waals surface area contributed by atoms with E-state index in [2.05, 4.69) is 26.2 Å². The normalized spacial score (nSPS) is 21.9. The molecular weight excluding hydrogens is 288 g/mol. The van der Waals surface area contributed by atoms with E-state index in [1.807, 2.05) is 25.3 Å². The Bertz CT molecular complexity index is 493. The van der Waals surface area contributed by atoms with Crippen LogP contribution in [0.4, 0.5) is 5.82 Å². The van der Waals surface area contributed by atoms with E-state index in [9.17, 15) is 4.79 Å². The Morgan fingerprint density at radius 3 is 2.57 bits per heavy atom. The van der Waals surface area contributed by atoms with Gasteiger partial charge in [-0.15, -0.1) is 0 Å². The summed E-state index contributed by atoms with van der Waals surface area (Å²) < 4.78 is 0. The molecule has 1 saturated heterocycles. The number of carbonyl (C=O) groups excluding carboxylic acids is 1. The Morgan fingerprint density at radius 2 is 1.91 bits per heavy atom. The van der Waals surface area contributed by atoms with Crippen molar-refractivity contribution in [1.29, 1.82) is 0 Å². The minimum absolute atomic E-state index is 0.0391. The van der Waals surface area contributed by atoms with Gasteiger partial charge in [0.05, 0.1) is 6.04 Å². The highest BCUT2D eigenvalue weighted by atomic mass is 16.2. The van der Waals surface area contributed by atoms with Crippen molar-refractivity contribution in [1.82, 2.24) is 15.2 Å². The Hall–Kier alpha value is -1.62. The quantitative estimate of drug-likeness (QED) is 0.923. The lowest BCUT2D eigenvalue weighted by atomic mass is 9.95. The Morgan fingerprint density at radius 1 is 1.17 bits per heavy atom. The third-order valence-electron chi connectivity index (χ3n) is 5.17. The first kappa shape index (κ1) is 16.2. The van der Waals surface area contributed by atoms with Crippen LogP contribution in [0.1, 0.15) is 39.0 Å². The average Bonchev–Trinajstić information content (AvgIpc) is 2.63. The van der Waals surface area contributed by atoms with E-state index in [1.54, 1.807) is 0 Å². The fourth-order valence-corrected chi connectivity index (χ4v) is 3.61. The van der Waals surface area contributed by atoms with E-state index in [1.165, 1.54) is 19.3 Å². The smallest absolute Gasteiger partial charge is 0.237 e. The van der Waals surface area contributed by atoms with Gasteiger partial charge in [-0.1, -0.05) is 25.3 Å². The lowest BCUT2D eigenvalue weighted by molar-refractivity contribution is -0.127. The van der Waals surface area contributed by atoms with E-state index in [0.717, 1.165) is 44.8 Å². The first-order valence-corrected chi connectivity index (χ1v) is 8.94. The van der Waals surface area contributed by atoms with Gasteiger partial charge in [-0.05, 0) is 31.9 Å². The molecule has 0 spiro atoms. The maximum absolute atomic E-state index is 12.5. The third-order valence-corrected chi connectivity index (χ3v) is 5.17. The van der Waals surface area contributed by atoms with Crippen molar-refractivity contribution in [3.05, 3.63) is 24.4 Å². The van der Waals surface area contributed by atoms with Gasteiger partial charge >= 0.3 is 0 Å². The number of nitrogens with zero attached hydrogens (tertiary/aromatic N) is 3. The number of aromatic nitrogens is 1. The molecule has 1 aromatic rings. The molecule has 1 N–H and O–H groups in total. The molecule has 3 rings (SSSR count). The summed E-state index contributed by atoms with van der Waals surface area (Å²) in [6, 6.07) is 6.37. The van der Waals surface area contributed by atoms with E-state index in [-0.39, 0.29) is 11.9 Å². The first-order chi connectivity index (χ1) is 11.2. The second-order valence-corrected chi connectivity index (χ2v) is 6.73. The standard InChI is InChI=1S/C18H28N4O/c1-15(18(23)20-16-7-3-2-4-8-16)21-11-13-22(14-12-21)17-9-5-6-10-19-17/h5-6,9-10,15-16H,2-4,7-8,11-14H2,1H3,(H,20,23). The number of anilines is 1. The average molecular weight is 316 g/mol. The van der Waals surface area contributed by atoms with Crippen molar-refractivity contribution in [2.75, 3.05) is 31.1 Å². The highest BCUT2D eigenvalue weighted by Gasteiger charge is 2.27. The Kier molecular flexibility index (Phi) is 5.49. The van der Waals surface area contributed by atoms with Gasteiger partial charge in [0.15, 0.2) is 0 Å². The molecule has 23 heavy (non-hydrogen) atoms. The summed E-state index contributed by atoms with van der Waals surface area (Å²) >= 11 is 0. The molecule has 1 atom stereocenters. The van der Waals surface area contributed by atoms with Crippen LogP contribution in [0.25, 0.3) is 0 Å². The predicted molar refractivity (Wildman–Crippen MR) is 92.5 cm³/mol. The van der Waals surface area contributed by atoms with Crippen LogP contribution in [0, 0.1) is 0 Å². The molecule has 0 aromatic carbocycles. The molecule has 5 heteroatoms. The number of hydrogen-bond donors (Lipinski definition) is 1. The molecule has 2 fully saturated rings. The van der Waals surface area contributed by atoms with E-state index >= 15 is 0 Å². The van der Waals surface area contributed by atoms with Crippen molar-refractivity contribution in [3.63, 3.8) is 0 Å². The lowest BCUT2D eigenvalue weighted by Crippen LogP contribution is -2.55. The van der Waals surface area contributed by atoms with Gasteiger partial charge in [0.25, 0.3) is 0 Å². The first-order valence-electron chi connectivity index (χ1n) is 8.94. The van der Waals surface area contributed by atoms with Crippen LogP contribution in [0.3, 0.4) is 0 Å². The number of pyridine rings is 1. The van der Waals surface area contributed by atoms with Crippen molar-refractivity contribution in [3.8, 4) is 0 Å². The van der Waals surface area contributed by atoms with E-state index in [0.29, 0.717) is 6.04 Å². The zero-order valence-electron chi connectivity index (χ0n) is 14.1. The van der Waals surface area contributed by atoms with Gasteiger partial charge in [0.2, 0.25) is 5.91 Å². The van der Waals surface area contributed by atoms with Gasteiger partial charge in [0, 0.05) is 38.4 Å². The van der Waals surface area contributed by atoms with Crippen LogP contribution in [-0.4, -0.2) is 54.1 Å². The second-order valence-electron chi connectivity index (χ2n) is 6.73. The maximum atomic E-state index is 12.5. The zero-order chi connectivity index (χ0) is 16.1. The van der Waals surface area contributed by atoms with Gasteiger partial charge in [-0.3, -0.25) is 9.69 Å². The molecule has 1 aliphatic carbocycles.